The Labute approximate surface area is 167 Å². The Kier molecular flexibility index (Phi) is 10.6. The standard InChI is InChI=1S/C15H17N3O4S2.C3H8/c1-16-9-10-7-12(21-2)13(22-3)8-14(10)23-24-15-11(18(19)20)5-4-6-17-15;1-3-2/h4-8,16H,9H2,1-3H3;3H2,1-2H3. The average Bonchev–Trinajstić information content (AvgIpc) is 2.67. The number of rotatable bonds is 8. The predicted octanol–water partition coefficient (Wildman–Crippen LogP) is 4.94. The molecule has 1 aromatic heterocycles. The van der Waals surface area contributed by atoms with Gasteiger partial charge in [0.25, 0.3) is 0 Å². The molecule has 0 radical (unpaired) electrons. The SMILES string of the molecule is CCC.CNCc1cc(OC)c(OC)cc1SSc1ncccc1[N+](=O)[O-]. The Morgan fingerprint density at radius 3 is 2.37 bits per heavy atom. The van der Waals surface area contributed by atoms with Gasteiger partial charge in [-0.1, -0.05) is 31.1 Å². The Morgan fingerprint density at radius 1 is 1.19 bits per heavy atom. The molecule has 1 N–H and O–H groups in total. The summed E-state index contributed by atoms with van der Waals surface area (Å²) in [5, 5.41) is 14.5. The molecule has 0 aliphatic heterocycles. The molecule has 1 aromatic carbocycles. The number of nitrogens with one attached hydrogen (secondary N) is 1. The molecule has 2 aromatic rings. The van der Waals surface area contributed by atoms with Crippen LogP contribution in [0.3, 0.4) is 0 Å². The van der Waals surface area contributed by atoms with Crippen molar-refractivity contribution >= 4 is 27.3 Å². The molecule has 27 heavy (non-hydrogen) atoms. The Morgan fingerprint density at radius 2 is 1.81 bits per heavy atom. The van der Waals surface area contributed by atoms with Crippen LogP contribution < -0.4 is 14.8 Å². The maximum Gasteiger partial charge on any atom is 0.302 e. The van der Waals surface area contributed by atoms with E-state index in [1.165, 1.54) is 34.1 Å². The van der Waals surface area contributed by atoms with Crippen LogP contribution >= 0.6 is 21.6 Å². The van der Waals surface area contributed by atoms with Gasteiger partial charge in [-0.25, -0.2) is 4.98 Å². The number of hydrogen-bond donors (Lipinski definition) is 1. The first-order chi connectivity index (χ1) is 13.0. The second-order valence-electron chi connectivity index (χ2n) is 5.30. The highest BCUT2D eigenvalue weighted by Crippen LogP contribution is 2.44. The second-order valence-corrected chi connectivity index (χ2v) is 7.46. The van der Waals surface area contributed by atoms with Crippen LogP contribution in [0.1, 0.15) is 25.8 Å². The number of pyridine rings is 1. The van der Waals surface area contributed by atoms with E-state index in [-0.39, 0.29) is 5.69 Å². The summed E-state index contributed by atoms with van der Waals surface area (Å²) in [6, 6.07) is 6.75. The Hall–Kier alpha value is -1.97. The van der Waals surface area contributed by atoms with Crippen molar-refractivity contribution in [3.05, 3.63) is 46.1 Å². The van der Waals surface area contributed by atoms with Gasteiger partial charge in [0.2, 0.25) is 0 Å². The zero-order chi connectivity index (χ0) is 20.2. The maximum atomic E-state index is 11.1. The number of benzene rings is 1. The van der Waals surface area contributed by atoms with Gasteiger partial charge in [-0.2, -0.15) is 0 Å². The minimum Gasteiger partial charge on any atom is -0.493 e. The van der Waals surface area contributed by atoms with Gasteiger partial charge in [-0.05, 0) is 41.6 Å². The average molecular weight is 412 g/mol. The van der Waals surface area contributed by atoms with Gasteiger partial charge in [0.1, 0.15) is 0 Å². The van der Waals surface area contributed by atoms with E-state index < -0.39 is 4.92 Å². The van der Waals surface area contributed by atoms with Crippen molar-refractivity contribution in [2.45, 2.75) is 36.7 Å². The number of methoxy groups -OCH3 is 2. The van der Waals surface area contributed by atoms with E-state index in [2.05, 4.69) is 24.1 Å². The first-order valence-electron chi connectivity index (χ1n) is 8.35. The van der Waals surface area contributed by atoms with Crippen LogP contribution in [-0.2, 0) is 6.54 Å². The van der Waals surface area contributed by atoms with Crippen LogP contribution in [0, 0.1) is 10.1 Å². The van der Waals surface area contributed by atoms with E-state index >= 15 is 0 Å². The molecule has 0 spiro atoms. The van der Waals surface area contributed by atoms with Crippen molar-refractivity contribution in [2.75, 3.05) is 21.3 Å². The summed E-state index contributed by atoms with van der Waals surface area (Å²) >= 11 is 0. The minimum atomic E-state index is -0.432. The van der Waals surface area contributed by atoms with Crippen molar-refractivity contribution < 1.29 is 14.4 Å². The van der Waals surface area contributed by atoms with Crippen molar-refractivity contribution in [1.82, 2.24) is 10.3 Å². The van der Waals surface area contributed by atoms with Gasteiger partial charge in [0, 0.05) is 23.7 Å². The summed E-state index contributed by atoms with van der Waals surface area (Å²) in [7, 11) is 7.64. The van der Waals surface area contributed by atoms with Gasteiger partial charge in [-0.15, -0.1) is 0 Å². The van der Waals surface area contributed by atoms with E-state index in [1.54, 1.807) is 26.5 Å². The van der Waals surface area contributed by atoms with E-state index in [0.29, 0.717) is 23.1 Å². The normalized spacial score (nSPS) is 9.96. The lowest BCUT2D eigenvalue weighted by atomic mass is 10.2. The Balaban J connectivity index is 0.00000114. The predicted molar refractivity (Wildman–Crippen MR) is 111 cm³/mol. The minimum absolute atomic E-state index is 0.00866. The van der Waals surface area contributed by atoms with Crippen LogP contribution in [0.25, 0.3) is 0 Å². The number of nitrogens with zero attached hydrogens (tertiary/aromatic N) is 2. The van der Waals surface area contributed by atoms with Gasteiger partial charge in [-0.3, -0.25) is 10.1 Å². The summed E-state index contributed by atoms with van der Waals surface area (Å²) in [6.45, 7) is 4.88. The molecule has 0 aliphatic rings. The van der Waals surface area contributed by atoms with Gasteiger partial charge in [0.15, 0.2) is 16.5 Å². The van der Waals surface area contributed by atoms with E-state index in [1.807, 2.05) is 19.2 Å². The highest BCUT2D eigenvalue weighted by molar-refractivity contribution is 8.76. The quantitative estimate of drug-likeness (QED) is 0.371. The van der Waals surface area contributed by atoms with Crippen LogP contribution in [0.5, 0.6) is 11.5 Å². The van der Waals surface area contributed by atoms with Crippen LogP contribution in [-0.4, -0.2) is 31.2 Å². The molecular formula is C18H25N3O4S2. The molecule has 2 rings (SSSR count). The van der Waals surface area contributed by atoms with Gasteiger partial charge < -0.3 is 14.8 Å². The fourth-order valence-corrected chi connectivity index (χ4v) is 4.23. The summed E-state index contributed by atoms with van der Waals surface area (Å²) in [6.07, 6.45) is 2.79. The molecule has 0 unspecified atom stereocenters. The molecule has 9 heteroatoms. The van der Waals surface area contributed by atoms with Crippen LogP contribution in [0.2, 0.25) is 0 Å². The van der Waals surface area contributed by atoms with Crippen molar-refractivity contribution in [1.29, 1.82) is 0 Å². The van der Waals surface area contributed by atoms with E-state index in [0.717, 1.165) is 10.5 Å². The molecule has 0 bridgehead atoms. The lowest BCUT2D eigenvalue weighted by Gasteiger charge is -2.14. The molecular weight excluding hydrogens is 386 g/mol. The molecule has 1 heterocycles. The maximum absolute atomic E-state index is 11.1. The Bertz CT molecular complexity index is 745. The molecule has 0 amide bonds. The van der Waals surface area contributed by atoms with Crippen molar-refractivity contribution in [2.24, 2.45) is 0 Å². The van der Waals surface area contributed by atoms with Gasteiger partial charge >= 0.3 is 5.69 Å². The van der Waals surface area contributed by atoms with E-state index in [9.17, 15) is 10.1 Å². The van der Waals surface area contributed by atoms with Crippen LogP contribution in [0.15, 0.2) is 40.4 Å². The molecule has 0 aliphatic carbocycles. The topological polar surface area (TPSA) is 86.5 Å². The highest BCUT2D eigenvalue weighted by atomic mass is 33.1. The molecule has 148 valence electrons. The third-order valence-corrected chi connectivity index (χ3v) is 5.47. The van der Waals surface area contributed by atoms with Crippen molar-refractivity contribution in [3.63, 3.8) is 0 Å². The van der Waals surface area contributed by atoms with Crippen LogP contribution in [0.4, 0.5) is 5.69 Å². The van der Waals surface area contributed by atoms with Crippen molar-refractivity contribution in [3.8, 4) is 11.5 Å². The number of hydrogen-bond acceptors (Lipinski definition) is 8. The second kappa shape index (κ2) is 12.4. The largest absolute Gasteiger partial charge is 0.493 e. The third-order valence-electron chi connectivity index (χ3n) is 3.09. The smallest absolute Gasteiger partial charge is 0.302 e. The van der Waals surface area contributed by atoms with E-state index in [4.69, 9.17) is 9.47 Å². The fraction of sp³-hybridized carbons (Fsp3) is 0.389. The molecule has 7 nitrogen and oxygen atoms in total. The zero-order valence-electron chi connectivity index (χ0n) is 16.1. The number of nitro groups is 1. The molecule has 0 atom stereocenters. The molecule has 0 saturated heterocycles. The summed E-state index contributed by atoms with van der Waals surface area (Å²) in [4.78, 5) is 15.7. The lowest BCUT2D eigenvalue weighted by Crippen LogP contribution is -2.06. The first kappa shape index (κ1) is 23.1. The monoisotopic (exact) mass is 411 g/mol. The number of aromatic nitrogens is 1. The fourth-order valence-electron chi connectivity index (χ4n) is 1.98. The molecule has 0 fully saturated rings. The first-order valence-corrected chi connectivity index (χ1v) is 10.5. The summed E-state index contributed by atoms with van der Waals surface area (Å²) in [5.74, 6) is 1.25. The van der Waals surface area contributed by atoms with Gasteiger partial charge in [0.05, 0.1) is 19.1 Å². The highest BCUT2D eigenvalue weighted by Gasteiger charge is 2.17. The summed E-state index contributed by atoms with van der Waals surface area (Å²) in [5.41, 5.74) is 0.997. The number of ether oxygens (including phenoxy) is 2. The zero-order valence-corrected chi connectivity index (χ0v) is 17.8. The summed E-state index contributed by atoms with van der Waals surface area (Å²) < 4.78 is 10.7. The third kappa shape index (κ3) is 6.93. The molecule has 0 saturated carbocycles. The lowest BCUT2D eigenvalue weighted by molar-refractivity contribution is -0.388.